The summed E-state index contributed by atoms with van der Waals surface area (Å²) in [7, 11) is 0. The van der Waals surface area contributed by atoms with E-state index >= 15 is 0 Å². The maximum Gasteiger partial charge on any atom is 0.303 e. The number of hydrogen-bond donors (Lipinski definition) is 1. The lowest BCUT2D eigenvalue weighted by molar-refractivity contribution is -0.137. The number of hydrogen-bond acceptors (Lipinski definition) is 4. The van der Waals surface area contributed by atoms with E-state index in [1.54, 1.807) is 0 Å². The Kier molecular flexibility index (Phi) is 4.90. The number of carboxylic acid groups (broad SMARTS) is 1. The van der Waals surface area contributed by atoms with Crippen molar-refractivity contribution in [3.63, 3.8) is 0 Å². The minimum absolute atomic E-state index is 0.224. The van der Waals surface area contributed by atoms with Gasteiger partial charge in [-0.15, -0.1) is 5.10 Å². The van der Waals surface area contributed by atoms with Gasteiger partial charge < -0.3 is 9.84 Å². The van der Waals surface area contributed by atoms with Gasteiger partial charge in [-0.2, -0.15) is 0 Å². The van der Waals surface area contributed by atoms with Crippen molar-refractivity contribution in [3.8, 4) is 0 Å². The molecule has 0 spiro atoms. The summed E-state index contributed by atoms with van der Waals surface area (Å²) in [6.45, 7) is 2.85. The summed E-state index contributed by atoms with van der Waals surface area (Å²) in [6.07, 6.45) is 7.26. The normalized spacial score (nSPS) is 22.8. The van der Waals surface area contributed by atoms with E-state index in [2.05, 4.69) is 17.2 Å². The fraction of sp³-hybridized carbons (Fsp3) is 0.769. The molecule has 6 nitrogen and oxygen atoms in total. The van der Waals surface area contributed by atoms with Gasteiger partial charge in [0.15, 0.2) is 0 Å². The molecule has 2 unspecified atom stereocenters. The number of aromatic nitrogens is 3. The van der Waals surface area contributed by atoms with Crippen LogP contribution in [0.3, 0.4) is 0 Å². The van der Waals surface area contributed by atoms with Crippen LogP contribution in [0.2, 0.25) is 0 Å². The second-order valence-electron chi connectivity index (χ2n) is 5.18. The highest BCUT2D eigenvalue weighted by molar-refractivity contribution is 5.66. The molecule has 1 saturated heterocycles. The van der Waals surface area contributed by atoms with E-state index in [4.69, 9.17) is 9.84 Å². The first-order valence-corrected chi connectivity index (χ1v) is 6.90. The standard InChI is InChI=1S/C13H21N3O3/c1-10-6-7-12(19-10)9-16-8-11(14-15-16)4-2-3-5-13(17)18/h8,10,12H,2-7,9H2,1H3,(H,17,18). The van der Waals surface area contributed by atoms with E-state index < -0.39 is 5.97 Å². The third-order valence-electron chi connectivity index (χ3n) is 3.37. The summed E-state index contributed by atoms with van der Waals surface area (Å²) < 4.78 is 7.57. The smallest absolute Gasteiger partial charge is 0.303 e. The van der Waals surface area contributed by atoms with E-state index in [0.717, 1.165) is 37.9 Å². The topological polar surface area (TPSA) is 77.2 Å². The van der Waals surface area contributed by atoms with E-state index in [1.165, 1.54) is 0 Å². The molecule has 0 radical (unpaired) electrons. The number of ether oxygens (including phenoxy) is 1. The summed E-state index contributed by atoms with van der Waals surface area (Å²) in [4.78, 5) is 10.4. The molecule has 2 atom stereocenters. The van der Waals surface area contributed by atoms with E-state index in [1.807, 2.05) is 10.9 Å². The van der Waals surface area contributed by atoms with Crippen LogP contribution in [0.5, 0.6) is 0 Å². The Morgan fingerprint density at radius 2 is 2.37 bits per heavy atom. The minimum Gasteiger partial charge on any atom is -0.481 e. The Morgan fingerprint density at radius 1 is 1.53 bits per heavy atom. The zero-order chi connectivity index (χ0) is 13.7. The summed E-state index contributed by atoms with van der Waals surface area (Å²) in [6, 6.07) is 0. The lowest BCUT2D eigenvalue weighted by Crippen LogP contribution is -2.16. The predicted molar refractivity (Wildman–Crippen MR) is 68.8 cm³/mol. The lowest BCUT2D eigenvalue weighted by Gasteiger charge is -2.09. The molecule has 1 aliphatic heterocycles. The highest BCUT2D eigenvalue weighted by atomic mass is 16.5. The van der Waals surface area contributed by atoms with Crippen LogP contribution in [0.1, 0.15) is 44.7 Å². The Morgan fingerprint density at radius 3 is 3.05 bits per heavy atom. The van der Waals surface area contributed by atoms with Gasteiger partial charge in [-0.05, 0) is 39.0 Å². The molecule has 0 aromatic carbocycles. The average Bonchev–Trinajstić information content (AvgIpc) is 2.95. The first kappa shape index (κ1) is 14.0. The number of aliphatic carboxylic acids is 1. The van der Waals surface area contributed by atoms with Crippen molar-refractivity contribution < 1.29 is 14.6 Å². The number of aryl methyl sites for hydroxylation is 1. The van der Waals surface area contributed by atoms with Gasteiger partial charge in [-0.3, -0.25) is 4.79 Å². The van der Waals surface area contributed by atoms with Crippen LogP contribution >= 0.6 is 0 Å². The highest BCUT2D eigenvalue weighted by Crippen LogP contribution is 2.20. The number of carboxylic acids is 1. The average molecular weight is 267 g/mol. The molecular weight excluding hydrogens is 246 g/mol. The number of rotatable bonds is 7. The van der Waals surface area contributed by atoms with Gasteiger partial charge in [-0.25, -0.2) is 4.68 Å². The molecule has 106 valence electrons. The molecule has 0 aliphatic carbocycles. The van der Waals surface area contributed by atoms with Gasteiger partial charge in [0.25, 0.3) is 0 Å². The molecule has 0 bridgehead atoms. The van der Waals surface area contributed by atoms with Crippen molar-refractivity contribution in [1.29, 1.82) is 0 Å². The van der Waals surface area contributed by atoms with Crippen LogP contribution in [0, 0.1) is 0 Å². The predicted octanol–water partition coefficient (Wildman–Crippen LogP) is 1.64. The summed E-state index contributed by atoms with van der Waals surface area (Å²) in [5.74, 6) is -0.740. The zero-order valence-electron chi connectivity index (χ0n) is 11.3. The SMILES string of the molecule is CC1CCC(Cn2cc(CCCCC(=O)O)nn2)O1. The number of nitrogens with zero attached hydrogens (tertiary/aromatic N) is 3. The first-order chi connectivity index (χ1) is 9.13. The fourth-order valence-corrected chi connectivity index (χ4v) is 2.35. The van der Waals surface area contributed by atoms with Crippen molar-refractivity contribution >= 4 is 5.97 Å². The van der Waals surface area contributed by atoms with Crippen molar-refractivity contribution in [2.75, 3.05) is 0 Å². The van der Waals surface area contributed by atoms with Crippen LogP contribution in [0.25, 0.3) is 0 Å². The second kappa shape index (κ2) is 6.65. The highest BCUT2D eigenvalue weighted by Gasteiger charge is 2.22. The van der Waals surface area contributed by atoms with Crippen LogP contribution in [-0.2, 0) is 22.5 Å². The molecule has 6 heteroatoms. The van der Waals surface area contributed by atoms with Gasteiger partial charge >= 0.3 is 5.97 Å². The number of unbranched alkanes of at least 4 members (excludes halogenated alkanes) is 1. The van der Waals surface area contributed by atoms with Gasteiger partial charge in [-0.1, -0.05) is 5.21 Å². The van der Waals surface area contributed by atoms with E-state index in [-0.39, 0.29) is 12.5 Å². The van der Waals surface area contributed by atoms with Crippen LogP contribution < -0.4 is 0 Å². The lowest BCUT2D eigenvalue weighted by atomic mass is 10.1. The molecule has 1 aliphatic rings. The first-order valence-electron chi connectivity index (χ1n) is 6.90. The van der Waals surface area contributed by atoms with Crippen molar-refractivity contribution in [1.82, 2.24) is 15.0 Å². The summed E-state index contributed by atoms with van der Waals surface area (Å²) in [5.41, 5.74) is 0.927. The molecule has 1 N–H and O–H groups in total. The fourth-order valence-electron chi connectivity index (χ4n) is 2.35. The minimum atomic E-state index is -0.740. The monoisotopic (exact) mass is 267 g/mol. The van der Waals surface area contributed by atoms with Gasteiger partial charge in [0.05, 0.1) is 24.4 Å². The molecular formula is C13H21N3O3. The largest absolute Gasteiger partial charge is 0.481 e. The summed E-state index contributed by atoms with van der Waals surface area (Å²) >= 11 is 0. The molecule has 1 fully saturated rings. The molecule has 19 heavy (non-hydrogen) atoms. The van der Waals surface area contributed by atoms with Gasteiger partial charge in [0.1, 0.15) is 0 Å². The molecule has 2 rings (SSSR count). The third-order valence-corrected chi connectivity index (χ3v) is 3.37. The Bertz CT molecular complexity index is 419. The third kappa shape index (κ3) is 4.63. The van der Waals surface area contributed by atoms with Crippen LogP contribution in [0.4, 0.5) is 0 Å². The van der Waals surface area contributed by atoms with Crippen LogP contribution in [-0.4, -0.2) is 38.3 Å². The maximum atomic E-state index is 10.4. The maximum absolute atomic E-state index is 10.4. The van der Waals surface area contributed by atoms with Crippen LogP contribution in [0.15, 0.2) is 6.20 Å². The Labute approximate surface area is 112 Å². The zero-order valence-corrected chi connectivity index (χ0v) is 11.3. The Balaban J connectivity index is 1.71. The molecule has 0 saturated carbocycles. The number of carbonyl (C=O) groups is 1. The molecule has 2 heterocycles. The quantitative estimate of drug-likeness (QED) is 0.760. The van der Waals surface area contributed by atoms with E-state index in [9.17, 15) is 4.79 Å². The van der Waals surface area contributed by atoms with Gasteiger partial charge in [0.2, 0.25) is 0 Å². The van der Waals surface area contributed by atoms with Crippen molar-refractivity contribution in [2.45, 2.75) is 64.2 Å². The molecule has 1 aromatic rings. The Hall–Kier alpha value is -1.43. The van der Waals surface area contributed by atoms with Gasteiger partial charge in [0, 0.05) is 12.6 Å². The van der Waals surface area contributed by atoms with Crippen molar-refractivity contribution in [2.24, 2.45) is 0 Å². The summed E-state index contributed by atoms with van der Waals surface area (Å²) in [5, 5.41) is 16.7. The van der Waals surface area contributed by atoms with Crippen molar-refractivity contribution in [3.05, 3.63) is 11.9 Å². The molecule has 1 aromatic heterocycles. The van der Waals surface area contributed by atoms with E-state index in [0.29, 0.717) is 12.5 Å². The second-order valence-corrected chi connectivity index (χ2v) is 5.18. The molecule has 0 amide bonds.